The average molecular weight is 465 g/mol. The van der Waals surface area contributed by atoms with Crippen LogP contribution in [0.5, 0.6) is 0 Å². The fraction of sp³-hybridized carbons (Fsp3) is 0.0500. The number of halogens is 6. The first-order valence-corrected chi connectivity index (χ1v) is 11.7. The van der Waals surface area contributed by atoms with Crippen molar-refractivity contribution in [3.63, 3.8) is 0 Å². The van der Waals surface area contributed by atoms with E-state index in [1.54, 1.807) is 0 Å². The van der Waals surface area contributed by atoms with Crippen LogP contribution >= 0.6 is 7.81 Å². The molecule has 0 radical (unpaired) electrons. The molecule has 0 saturated carbocycles. The molecule has 3 aromatic carbocycles. The van der Waals surface area contributed by atoms with Crippen molar-refractivity contribution < 1.29 is 30.0 Å². The van der Waals surface area contributed by atoms with Gasteiger partial charge in [0.1, 0.15) is 0 Å². The van der Waals surface area contributed by atoms with E-state index in [1.165, 1.54) is 21.6 Å². The molecule has 0 heterocycles. The number of carbonyl (C=O) groups is 1. The van der Waals surface area contributed by atoms with Gasteiger partial charge in [0.2, 0.25) is 5.91 Å². The minimum atomic E-state index is -10.7. The number of carbonyl (C=O) groups excluding carboxylic acids is 1. The topological polar surface area (TPSA) is 29.1 Å². The van der Waals surface area contributed by atoms with Crippen molar-refractivity contribution >= 4 is 30.3 Å². The van der Waals surface area contributed by atoms with Gasteiger partial charge in [-0.15, -0.1) is 0 Å². The van der Waals surface area contributed by atoms with E-state index in [9.17, 15) is 30.0 Å². The van der Waals surface area contributed by atoms with Gasteiger partial charge in [-0.25, -0.2) is 0 Å². The van der Waals surface area contributed by atoms with Crippen molar-refractivity contribution in [2.24, 2.45) is 0 Å². The molecule has 0 spiro atoms. The van der Waals surface area contributed by atoms with Crippen LogP contribution in [-0.4, -0.2) is 5.91 Å². The first-order valence-electron chi connectivity index (χ1n) is 8.47. The van der Waals surface area contributed by atoms with E-state index in [0.717, 1.165) is 5.69 Å². The SMILES string of the molecule is CC(=O)Nc1ccc([S+](c2ccccc2)c2ccccc2)cc1.F[P-](F)(F)(F)(F)F. The minimum absolute atomic E-state index is 0.0529. The Bertz CT molecular complexity index is 930. The van der Waals surface area contributed by atoms with E-state index < -0.39 is 7.81 Å². The third-order valence-electron chi connectivity index (χ3n) is 3.37. The summed E-state index contributed by atoms with van der Waals surface area (Å²) in [5.41, 5.74) is 0.825. The maximum atomic E-state index is 11.2. The van der Waals surface area contributed by atoms with Crippen LogP contribution in [0.1, 0.15) is 6.92 Å². The molecule has 0 aliphatic rings. The summed E-state index contributed by atoms with van der Waals surface area (Å²) in [5, 5.41) is 2.81. The van der Waals surface area contributed by atoms with Gasteiger partial charge >= 0.3 is 33.0 Å². The van der Waals surface area contributed by atoms with Crippen LogP contribution in [0.2, 0.25) is 0 Å². The normalized spacial score (nSPS) is 13.5. The molecular weight excluding hydrogens is 447 g/mol. The molecule has 0 unspecified atom stereocenters. The van der Waals surface area contributed by atoms with Gasteiger partial charge in [0.25, 0.3) is 0 Å². The molecular formula is C20H18F6NOPS. The van der Waals surface area contributed by atoms with Crippen LogP contribution in [0.3, 0.4) is 0 Å². The average Bonchev–Trinajstić information content (AvgIpc) is 2.62. The Balaban J connectivity index is 0.000000396. The molecule has 3 rings (SSSR count). The Morgan fingerprint density at radius 1 is 0.667 bits per heavy atom. The van der Waals surface area contributed by atoms with Gasteiger partial charge in [-0.1, -0.05) is 36.4 Å². The molecule has 0 aromatic heterocycles. The molecule has 3 aromatic rings. The third-order valence-corrected chi connectivity index (χ3v) is 5.60. The van der Waals surface area contributed by atoms with Crippen LogP contribution in [0, 0.1) is 0 Å². The molecule has 162 valence electrons. The second-order valence-electron chi connectivity index (χ2n) is 6.10. The summed E-state index contributed by atoms with van der Waals surface area (Å²) in [6.45, 7) is 1.52. The number of hydrogen-bond donors (Lipinski definition) is 1. The van der Waals surface area contributed by atoms with Crippen molar-refractivity contribution in [3.05, 3.63) is 84.9 Å². The van der Waals surface area contributed by atoms with Crippen LogP contribution in [0.15, 0.2) is 99.6 Å². The zero-order chi connectivity index (χ0) is 22.5. The van der Waals surface area contributed by atoms with Crippen molar-refractivity contribution in [1.82, 2.24) is 0 Å². The Kier molecular flexibility index (Phi) is 6.59. The predicted molar refractivity (Wildman–Crippen MR) is 109 cm³/mol. The van der Waals surface area contributed by atoms with E-state index in [1.807, 2.05) is 24.3 Å². The summed E-state index contributed by atoms with van der Waals surface area (Å²) >= 11 is 0. The van der Waals surface area contributed by atoms with Crippen LogP contribution in [0.4, 0.5) is 30.9 Å². The van der Waals surface area contributed by atoms with Gasteiger partial charge in [-0.05, 0) is 48.5 Å². The molecule has 0 atom stereocenters. The van der Waals surface area contributed by atoms with Crippen LogP contribution in [-0.2, 0) is 15.7 Å². The zero-order valence-corrected chi connectivity index (χ0v) is 17.3. The van der Waals surface area contributed by atoms with Crippen molar-refractivity contribution in [2.75, 3.05) is 5.32 Å². The number of amides is 1. The summed E-state index contributed by atoms with van der Waals surface area (Å²) in [4.78, 5) is 15.0. The van der Waals surface area contributed by atoms with Crippen molar-refractivity contribution in [2.45, 2.75) is 21.6 Å². The molecule has 2 nitrogen and oxygen atoms in total. The number of nitrogens with one attached hydrogen (secondary N) is 1. The second-order valence-corrected chi connectivity index (χ2v) is 10.0. The molecule has 0 saturated heterocycles. The summed E-state index contributed by atoms with van der Waals surface area (Å²) in [6.07, 6.45) is 0. The monoisotopic (exact) mass is 465 g/mol. The first kappa shape index (κ1) is 23.8. The van der Waals surface area contributed by atoms with E-state index in [2.05, 4.69) is 66.0 Å². The fourth-order valence-corrected chi connectivity index (χ4v) is 4.48. The predicted octanol–water partition coefficient (Wildman–Crippen LogP) is 8.12. The molecule has 0 fully saturated rings. The fourth-order valence-electron chi connectivity index (χ4n) is 2.40. The van der Waals surface area contributed by atoms with Crippen LogP contribution < -0.4 is 5.32 Å². The molecule has 30 heavy (non-hydrogen) atoms. The summed E-state index contributed by atoms with van der Waals surface area (Å²) < 4.78 is 59.2. The van der Waals surface area contributed by atoms with E-state index >= 15 is 0 Å². The Morgan fingerprint density at radius 3 is 1.33 bits per heavy atom. The summed E-state index contributed by atoms with van der Waals surface area (Å²) in [7, 11) is -10.8. The Labute approximate surface area is 172 Å². The molecule has 0 aliphatic carbocycles. The van der Waals surface area contributed by atoms with E-state index in [-0.39, 0.29) is 16.8 Å². The summed E-state index contributed by atoms with van der Waals surface area (Å²) in [6, 6.07) is 29.1. The van der Waals surface area contributed by atoms with Crippen molar-refractivity contribution in [1.29, 1.82) is 0 Å². The molecule has 1 amide bonds. The third kappa shape index (κ3) is 9.80. The van der Waals surface area contributed by atoms with Gasteiger partial charge < -0.3 is 5.32 Å². The summed E-state index contributed by atoms with van der Waals surface area (Å²) in [5.74, 6) is -0.0529. The van der Waals surface area contributed by atoms with Gasteiger partial charge in [0, 0.05) is 12.6 Å². The van der Waals surface area contributed by atoms with E-state index in [4.69, 9.17) is 0 Å². The number of hydrogen-bond acceptors (Lipinski definition) is 1. The molecule has 10 heteroatoms. The second kappa shape index (κ2) is 8.32. The standard InChI is InChI=1S/C20H17NOS.F6P/c1-16(22)21-17-12-14-20(15-13-17)23(18-8-4-2-5-9-18)19-10-6-3-7-11-19;1-7(2,3,4,5)6/h2-15H,1H3;/q;-1/p+1. The van der Waals surface area contributed by atoms with Gasteiger partial charge in [-0.3, -0.25) is 4.79 Å². The first-order chi connectivity index (χ1) is 13.7. The van der Waals surface area contributed by atoms with E-state index in [0.29, 0.717) is 0 Å². The van der Waals surface area contributed by atoms with Gasteiger partial charge in [0.15, 0.2) is 14.7 Å². The van der Waals surface area contributed by atoms with Gasteiger partial charge in [0.05, 0.1) is 10.9 Å². The van der Waals surface area contributed by atoms with Gasteiger partial charge in [-0.2, -0.15) is 0 Å². The Hall–Kier alpha value is -2.51. The zero-order valence-electron chi connectivity index (χ0n) is 15.6. The quantitative estimate of drug-likeness (QED) is 0.235. The number of anilines is 1. The number of benzene rings is 3. The number of rotatable bonds is 4. The maximum absolute atomic E-state index is 11.2. The van der Waals surface area contributed by atoms with Crippen molar-refractivity contribution in [3.8, 4) is 0 Å². The Morgan fingerprint density at radius 2 is 1.00 bits per heavy atom. The molecule has 0 bridgehead atoms. The molecule has 1 N–H and O–H groups in total. The van der Waals surface area contributed by atoms with Crippen LogP contribution in [0.25, 0.3) is 0 Å². The molecule has 0 aliphatic heterocycles.